The number of ether oxygens (including phenoxy) is 1. The van der Waals surface area contributed by atoms with Crippen molar-refractivity contribution in [2.75, 3.05) is 26.2 Å². The first-order valence-electron chi connectivity index (χ1n) is 10.4. The molecule has 1 saturated heterocycles. The summed E-state index contributed by atoms with van der Waals surface area (Å²) in [4.78, 5) is 44.5. The number of carbonyl (C=O) groups excluding carboxylic acids is 3. The molecule has 0 unspecified atom stereocenters. The number of H-pyrrole nitrogens is 1. The number of carbonyl (C=O) groups is 3. The molecule has 1 aliphatic heterocycles. The summed E-state index contributed by atoms with van der Waals surface area (Å²) in [5.41, 5.74) is 1.89. The molecule has 1 N–H and O–H groups in total. The molecular formula is C23H28FN3O4. The lowest BCUT2D eigenvalue weighted by Crippen LogP contribution is -2.38. The van der Waals surface area contributed by atoms with Crippen molar-refractivity contribution in [3.8, 4) is 0 Å². The highest BCUT2D eigenvalue weighted by atomic mass is 19.1. The normalized spacial score (nSPS) is 14.5. The maximum atomic E-state index is 14.0. The lowest BCUT2D eigenvalue weighted by Gasteiger charge is -2.22. The van der Waals surface area contributed by atoms with Crippen LogP contribution < -0.4 is 0 Å². The Hall–Kier alpha value is -3.16. The van der Waals surface area contributed by atoms with Crippen molar-refractivity contribution in [1.82, 2.24) is 14.8 Å². The van der Waals surface area contributed by atoms with Crippen LogP contribution in [0.1, 0.15) is 62.7 Å². The molecule has 2 heterocycles. The molecule has 0 atom stereocenters. The summed E-state index contributed by atoms with van der Waals surface area (Å²) in [7, 11) is 0. The van der Waals surface area contributed by atoms with Crippen LogP contribution in [0.4, 0.5) is 4.39 Å². The van der Waals surface area contributed by atoms with E-state index in [0.717, 1.165) is 0 Å². The number of aromatic nitrogens is 1. The Kier molecular flexibility index (Phi) is 6.77. The fourth-order valence-electron chi connectivity index (χ4n) is 3.83. The van der Waals surface area contributed by atoms with Crippen LogP contribution in [0.2, 0.25) is 0 Å². The Bertz CT molecular complexity index is 999. The maximum absolute atomic E-state index is 14.0. The molecule has 3 rings (SSSR count). The third-order valence-electron chi connectivity index (χ3n) is 5.37. The van der Waals surface area contributed by atoms with Gasteiger partial charge < -0.3 is 19.5 Å². The molecule has 166 valence electrons. The van der Waals surface area contributed by atoms with E-state index in [4.69, 9.17) is 4.74 Å². The predicted octanol–water partition coefficient (Wildman–Crippen LogP) is 3.32. The van der Waals surface area contributed by atoms with Gasteiger partial charge in [-0.15, -0.1) is 0 Å². The monoisotopic (exact) mass is 429 g/mol. The highest BCUT2D eigenvalue weighted by Crippen LogP contribution is 2.22. The number of hydrogen-bond acceptors (Lipinski definition) is 4. The minimum Gasteiger partial charge on any atom is -0.459 e. The molecule has 1 aromatic heterocycles. The predicted molar refractivity (Wildman–Crippen MR) is 114 cm³/mol. The Labute approximate surface area is 181 Å². The average molecular weight is 429 g/mol. The average Bonchev–Trinajstić information content (AvgIpc) is 2.88. The minimum absolute atomic E-state index is 0.0337. The van der Waals surface area contributed by atoms with Gasteiger partial charge in [-0.1, -0.05) is 12.1 Å². The number of hydrogen-bond donors (Lipinski definition) is 1. The van der Waals surface area contributed by atoms with E-state index in [0.29, 0.717) is 55.1 Å². The molecule has 31 heavy (non-hydrogen) atoms. The molecule has 1 aliphatic rings. The molecule has 0 aliphatic carbocycles. The van der Waals surface area contributed by atoms with Gasteiger partial charge in [0.2, 0.25) is 0 Å². The number of nitrogens with one attached hydrogen (secondary N) is 1. The molecule has 2 aromatic rings. The van der Waals surface area contributed by atoms with E-state index >= 15 is 0 Å². The van der Waals surface area contributed by atoms with Gasteiger partial charge >= 0.3 is 5.97 Å². The molecule has 0 spiro atoms. The molecule has 8 heteroatoms. The summed E-state index contributed by atoms with van der Waals surface area (Å²) in [5, 5.41) is 0. The highest BCUT2D eigenvalue weighted by molar-refractivity contribution is 6.00. The molecular weight excluding hydrogens is 401 g/mol. The van der Waals surface area contributed by atoms with Crippen molar-refractivity contribution in [1.29, 1.82) is 0 Å². The van der Waals surface area contributed by atoms with Gasteiger partial charge in [-0.2, -0.15) is 0 Å². The quantitative estimate of drug-likeness (QED) is 0.756. The Morgan fingerprint density at radius 2 is 1.61 bits per heavy atom. The van der Waals surface area contributed by atoms with Crippen LogP contribution in [0.25, 0.3) is 0 Å². The van der Waals surface area contributed by atoms with Crippen LogP contribution in [0.15, 0.2) is 24.3 Å². The Morgan fingerprint density at radius 1 is 1.00 bits per heavy atom. The first-order valence-corrected chi connectivity index (χ1v) is 10.4. The second-order valence-corrected chi connectivity index (χ2v) is 8.00. The zero-order valence-corrected chi connectivity index (χ0v) is 18.3. The van der Waals surface area contributed by atoms with Crippen LogP contribution in [0.3, 0.4) is 0 Å². The van der Waals surface area contributed by atoms with Gasteiger partial charge in [0.25, 0.3) is 11.8 Å². The second kappa shape index (κ2) is 9.32. The van der Waals surface area contributed by atoms with Crippen LogP contribution in [0, 0.1) is 19.7 Å². The van der Waals surface area contributed by atoms with E-state index in [2.05, 4.69) is 4.98 Å². The molecule has 7 nitrogen and oxygen atoms in total. The molecule has 1 aromatic carbocycles. The number of halogens is 1. The summed E-state index contributed by atoms with van der Waals surface area (Å²) in [6, 6.07) is 5.90. The fourth-order valence-corrected chi connectivity index (χ4v) is 3.83. The van der Waals surface area contributed by atoms with E-state index in [1.807, 2.05) is 0 Å². The third kappa shape index (κ3) is 4.78. The topological polar surface area (TPSA) is 82.7 Å². The number of rotatable bonds is 4. The molecule has 0 radical (unpaired) electrons. The SMILES string of the molecule is Cc1[nH]c(C(=O)N2CCCN(C(=O)c3ccccc3F)CC2)c(C)c1C(=O)OC(C)C. The first-order chi connectivity index (χ1) is 14.7. The second-order valence-electron chi connectivity index (χ2n) is 8.00. The van der Waals surface area contributed by atoms with Gasteiger partial charge in [0.15, 0.2) is 0 Å². The number of aromatic amines is 1. The fraction of sp³-hybridized carbons (Fsp3) is 0.435. The van der Waals surface area contributed by atoms with Gasteiger partial charge in [-0.25, -0.2) is 9.18 Å². The third-order valence-corrected chi connectivity index (χ3v) is 5.37. The number of amides is 2. The number of aryl methyl sites for hydroxylation is 1. The Balaban J connectivity index is 1.74. The summed E-state index contributed by atoms with van der Waals surface area (Å²) in [6.45, 7) is 8.52. The van der Waals surface area contributed by atoms with Crippen LogP contribution >= 0.6 is 0 Å². The largest absolute Gasteiger partial charge is 0.459 e. The van der Waals surface area contributed by atoms with Crippen LogP contribution in [0.5, 0.6) is 0 Å². The van der Waals surface area contributed by atoms with E-state index in [9.17, 15) is 18.8 Å². The number of benzene rings is 1. The summed E-state index contributed by atoms with van der Waals surface area (Å²) < 4.78 is 19.3. The molecule has 0 bridgehead atoms. The van der Waals surface area contributed by atoms with Crippen molar-refractivity contribution >= 4 is 17.8 Å². The highest BCUT2D eigenvalue weighted by Gasteiger charge is 2.29. The molecule has 0 saturated carbocycles. The Morgan fingerprint density at radius 3 is 2.23 bits per heavy atom. The zero-order valence-electron chi connectivity index (χ0n) is 18.3. The number of nitrogens with zero attached hydrogens (tertiary/aromatic N) is 2. The van der Waals surface area contributed by atoms with E-state index in [1.165, 1.54) is 12.1 Å². The van der Waals surface area contributed by atoms with Gasteiger partial charge in [0.05, 0.1) is 17.2 Å². The van der Waals surface area contributed by atoms with Crippen molar-refractivity contribution in [3.05, 3.63) is 58.2 Å². The lowest BCUT2D eigenvalue weighted by atomic mass is 10.1. The summed E-state index contributed by atoms with van der Waals surface area (Å²) >= 11 is 0. The van der Waals surface area contributed by atoms with E-state index < -0.39 is 11.8 Å². The van der Waals surface area contributed by atoms with Gasteiger partial charge in [-0.3, -0.25) is 9.59 Å². The van der Waals surface area contributed by atoms with Gasteiger partial charge in [-0.05, 0) is 51.8 Å². The summed E-state index contributed by atoms with van der Waals surface area (Å²) in [6.07, 6.45) is 0.316. The van der Waals surface area contributed by atoms with Crippen LogP contribution in [-0.4, -0.2) is 64.9 Å². The van der Waals surface area contributed by atoms with Crippen molar-refractivity contribution < 1.29 is 23.5 Å². The zero-order chi connectivity index (χ0) is 22.7. The van der Waals surface area contributed by atoms with E-state index in [-0.39, 0.29) is 23.5 Å². The van der Waals surface area contributed by atoms with E-state index in [1.54, 1.807) is 49.6 Å². The number of esters is 1. The van der Waals surface area contributed by atoms with Gasteiger partial charge in [0, 0.05) is 31.9 Å². The van der Waals surface area contributed by atoms with Crippen molar-refractivity contribution in [3.63, 3.8) is 0 Å². The molecule has 2 amide bonds. The first kappa shape index (κ1) is 22.5. The molecule has 1 fully saturated rings. The van der Waals surface area contributed by atoms with Gasteiger partial charge in [0.1, 0.15) is 11.5 Å². The minimum atomic E-state index is -0.553. The van der Waals surface area contributed by atoms with Crippen LogP contribution in [-0.2, 0) is 4.74 Å². The smallest absolute Gasteiger partial charge is 0.340 e. The van der Waals surface area contributed by atoms with Crippen molar-refractivity contribution in [2.24, 2.45) is 0 Å². The standard InChI is InChI=1S/C23H28FN3O4/c1-14(2)31-23(30)19-15(3)20(25-16(19)4)22(29)27-11-7-10-26(12-13-27)21(28)17-8-5-6-9-18(17)24/h5-6,8-9,14,25H,7,10-13H2,1-4H3. The summed E-state index contributed by atoms with van der Waals surface area (Å²) in [5.74, 6) is -1.62. The van der Waals surface area contributed by atoms with Crippen molar-refractivity contribution in [2.45, 2.75) is 40.2 Å². The lowest BCUT2D eigenvalue weighted by molar-refractivity contribution is 0.0376. The maximum Gasteiger partial charge on any atom is 0.340 e.